The van der Waals surface area contributed by atoms with E-state index in [9.17, 15) is 0 Å². The molecule has 0 spiro atoms. The molecule has 0 saturated heterocycles. The van der Waals surface area contributed by atoms with Crippen molar-refractivity contribution in [2.24, 2.45) is 0 Å². The fraction of sp³-hybridized carbons (Fsp3) is 0.435. The molecule has 3 rings (SSSR count). The Kier molecular flexibility index (Phi) is 5.76. The van der Waals surface area contributed by atoms with E-state index in [1.54, 1.807) is 7.11 Å². The molecule has 0 aromatic heterocycles. The van der Waals surface area contributed by atoms with Crippen LogP contribution in [0.15, 0.2) is 30.3 Å². The second-order valence-corrected chi connectivity index (χ2v) is 10.1. The molecule has 28 heavy (non-hydrogen) atoms. The normalized spacial score (nSPS) is 16.8. The zero-order valence-corrected chi connectivity index (χ0v) is 20.8. The fourth-order valence-electron chi connectivity index (χ4n) is 3.81. The van der Waals surface area contributed by atoms with Crippen molar-refractivity contribution in [1.82, 2.24) is 0 Å². The maximum absolute atomic E-state index is 6.18. The molecule has 2 aromatic rings. The van der Waals surface area contributed by atoms with Gasteiger partial charge in [0, 0.05) is 0 Å². The zero-order chi connectivity index (χ0) is 20.7. The topological polar surface area (TPSA) is 42.5 Å². The van der Waals surface area contributed by atoms with Crippen LogP contribution in [0.4, 0.5) is 11.4 Å². The summed E-state index contributed by atoms with van der Waals surface area (Å²) in [6.07, 6.45) is 0. The SMILES string of the molecule is COc1ccc2c(c1N[C](=[W])Nc1ccc(C)cc1C)C(C)(C)COC2(C)C. The average molecular weight is 550 g/mol. The third kappa shape index (κ3) is 4.04. The van der Waals surface area contributed by atoms with Crippen molar-refractivity contribution in [1.29, 1.82) is 0 Å². The van der Waals surface area contributed by atoms with E-state index >= 15 is 0 Å². The summed E-state index contributed by atoms with van der Waals surface area (Å²) in [5, 5.41) is 7.18. The molecule has 0 atom stereocenters. The summed E-state index contributed by atoms with van der Waals surface area (Å²) >= 11 is 1.33. The molecule has 0 fully saturated rings. The van der Waals surface area contributed by atoms with Gasteiger partial charge in [-0.15, -0.1) is 0 Å². The molecule has 5 heteroatoms. The van der Waals surface area contributed by atoms with Gasteiger partial charge in [-0.1, -0.05) is 0 Å². The van der Waals surface area contributed by atoms with Crippen molar-refractivity contribution in [2.45, 2.75) is 52.6 Å². The third-order valence-corrected chi connectivity index (χ3v) is 6.11. The minimum absolute atomic E-state index is 0.114. The first-order valence-electron chi connectivity index (χ1n) is 9.56. The third-order valence-electron chi connectivity index (χ3n) is 5.37. The number of hydrogen-bond acceptors (Lipinski definition) is 4. The van der Waals surface area contributed by atoms with Gasteiger partial charge < -0.3 is 0 Å². The number of fused-ring (bicyclic) bond motifs is 1. The summed E-state index contributed by atoms with van der Waals surface area (Å²) in [7, 11) is 1.73. The van der Waals surface area contributed by atoms with Crippen LogP contribution in [0.25, 0.3) is 0 Å². The molecule has 1 aliphatic rings. The summed E-state index contributed by atoms with van der Waals surface area (Å²) in [4.78, 5) is 0. The average Bonchev–Trinajstić information content (AvgIpc) is 2.61. The predicted octanol–water partition coefficient (Wildman–Crippen LogP) is 5.01. The van der Waals surface area contributed by atoms with E-state index in [1.807, 2.05) is 6.07 Å². The molecule has 0 aliphatic carbocycles. The van der Waals surface area contributed by atoms with Gasteiger partial charge in [0.2, 0.25) is 0 Å². The number of methoxy groups -OCH3 is 1. The molecule has 4 nitrogen and oxygen atoms in total. The first kappa shape index (κ1) is 21.1. The van der Waals surface area contributed by atoms with Crippen LogP contribution in [0.3, 0.4) is 0 Å². The molecule has 0 bridgehead atoms. The van der Waals surface area contributed by atoms with Crippen molar-refractivity contribution in [3.63, 3.8) is 0 Å². The Bertz CT molecular complexity index is 919. The van der Waals surface area contributed by atoms with Crippen molar-refractivity contribution < 1.29 is 28.8 Å². The Balaban J connectivity index is 2.00. The van der Waals surface area contributed by atoms with Gasteiger partial charge in [-0.3, -0.25) is 0 Å². The summed E-state index contributed by atoms with van der Waals surface area (Å²) in [6, 6.07) is 10.6. The number of benzene rings is 2. The molecular weight excluding hydrogens is 520 g/mol. The van der Waals surface area contributed by atoms with E-state index in [2.05, 4.69) is 76.4 Å². The number of rotatable bonds is 5. The van der Waals surface area contributed by atoms with Gasteiger partial charge >= 0.3 is 180 Å². The van der Waals surface area contributed by atoms with Crippen LogP contribution in [-0.4, -0.2) is 17.9 Å². The monoisotopic (exact) mass is 550 g/mol. The minimum atomic E-state index is -0.324. The van der Waals surface area contributed by atoms with Crippen LogP contribution in [0.2, 0.25) is 0 Å². The zero-order valence-electron chi connectivity index (χ0n) is 17.8. The number of hydrogen-bond donors (Lipinski definition) is 2. The molecule has 2 N–H and O–H groups in total. The van der Waals surface area contributed by atoms with Crippen LogP contribution in [0, 0.1) is 13.8 Å². The summed E-state index contributed by atoms with van der Waals surface area (Å²) < 4.78 is 12.9. The summed E-state index contributed by atoms with van der Waals surface area (Å²) in [5.74, 6) is 0.853. The van der Waals surface area contributed by atoms with Crippen LogP contribution in [0.1, 0.15) is 49.9 Å². The van der Waals surface area contributed by atoms with E-state index in [4.69, 9.17) is 9.47 Å². The summed E-state index contributed by atoms with van der Waals surface area (Å²) in [6.45, 7) is 13.6. The number of anilines is 2. The van der Waals surface area contributed by atoms with Gasteiger partial charge in [0.25, 0.3) is 0 Å². The van der Waals surface area contributed by atoms with E-state index < -0.39 is 0 Å². The van der Waals surface area contributed by atoms with E-state index in [0.29, 0.717) is 6.61 Å². The Morgan fingerprint density at radius 2 is 1.79 bits per heavy atom. The maximum atomic E-state index is 6.18. The quantitative estimate of drug-likeness (QED) is 0.550. The predicted molar refractivity (Wildman–Crippen MR) is 113 cm³/mol. The first-order chi connectivity index (χ1) is 13.0. The first-order valence-corrected chi connectivity index (χ1v) is 11.0. The summed E-state index contributed by atoms with van der Waals surface area (Å²) in [5.41, 5.74) is 6.69. The molecule has 150 valence electrons. The van der Waals surface area contributed by atoms with Gasteiger partial charge in [-0.25, -0.2) is 0 Å². The number of nitrogens with one attached hydrogen (secondary N) is 2. The van der Waals surface area contributed by atoms with Crippen molar-refractivity contribution >= 4 is 15.5 Å². The Hall–Kier alpha value is -1.64. The number of aryl methyl sites for hydroxylation is 2. The van der Waals surface area contributed by atoms with Gasteiger partial charge in [-0.05, 0) is 0 Å². The van der Waals surface area contributed by atoms with Crippen LogP contribution in [0.5, 0.6) is 5.75 Å². The van der Waals surface area contributed by atoms with E-state index in [1.165, 1.54) is 41.6 Å². The molecule has 0 unspecified atom stereocenters. The van der Waals surface area contributed by atoms with Crippen LogP contribution >= 0.6 is 0 Å². The van der Waals surface area contributed by atoms with Crippen molar-refractivity contribution in [3.05, 3.63) is 52.6 Å². The van der Waals surface area contributed by atoms with Crippen molar-refractivity contribution in [3.8, 4) is 5.75 Å². The number of ether oxygens (including phenoxy) is 2. The van der Waals surface area contributed by atoms with E-state index in [0.717, 1.165) is 21.3 Å². The Labute approximate surface area is 179 Å². The van der Waals surface area contributed by atoms with Gasteiger partial charge in [0.15, 0.2) is 0 Å². The fourth-order valence-corrected chi connectivity index (χ4v) is 4.58. The van der Waals surface area contributed by atoms with Gasteiger partial charge in [0.1, 0.15) is 0 Å². The molecule has 0 saturated carbocycles. The van der Waals surface area contributed by atoms with Crippen molar-refractivity contribution in [2.75, 3.05) is 24.4 Å². The second-order valence-electron chi connectivity index (χ2n) is 8.65. The van der Waals surface area contributed by atoms with E-state index in [-0.39, 0.29) is 11.0 Å². The molecule has 1 aliphatic heterocycles. The Morgan fingerprint density at radius 1 is 1.07 bits per heavy atom. The molecule has 0 amide bonds. The van der Waals surface area contributed by atoms with Crippen LogP contribution < -0.4 is 15.4 Å². The standard InChI is InChI=1S/C23H30N2O2.W/c1-15-8-10-18(16(2)12-15)24-14-25-21-19(26-7)11-9-17-20(21)22(3,4)13-27-23(17,5)6;/h8-12,24-25H,13H2,1-7H3;. The molecule has 0 radical (unpaired) electrons. The Morgan fingerprint density at radius 3 is 2.43 bits per heavy atom. The molecule has 1 heterocycles. The van der Waals surface area contributed by atoms with Gasteiger partial charge in [0.05, 0.1) is 0 Å². The van der Waals surface area contributed by atoms with Crippen LogP contribution in [-0.2, 0) is 35.1 Å². The molecular formula is C23H30N2O2W. The second kappa shape index (κ2) is 7.65. The molecule has 2 aromatic carbocycles. The van der Waals surface area contributed by atoms with Gasteiger partial charge in [-0.2, -0.15) is 0 Å².